The van der Waals surface area contributed by atoms with Crippen molar-refractivity contribution >= 4 is 5.91 Å². The van der Waals surface area contributed by atoms with E-state index in [1.807, 2.05) is 6.07 Å². The number of ether oxygens (including phenoxy) is 2. The van der Waals surface area contributed by atoms with Gasteiger partial charge in [0.05, 0.1) is 12.7 Å². The molecule has 0 bridgehead atoms. The number of carbonyl (C=O) groups is 1. The number of nitrogens with two attached hydrogens (primary N) is 2. The van der Waals surface area contributed by atoms with Gasteiger partial charge in [0.15, 0.2) is 0 Å². The molecule has 0 unspecified atom stereocenters. The van der Waals surface area contributed by atoms with Gasteiger partial charge < -0.3 is 20.9 Å². The highest BCUT2D eigenvalue weighted by atomic mass is 16.5. The second kappa shape index (κ2) is 6.03. The Morgan fingerprint density at radius 1 is 1.25 bits per heavy atom. The molecule has 0 spiro atoms. The van der Waals surface area contributed by atoms with Gasteiger partial charge in [-0.15, -0.1) is 0 Å². The van der Waals surface area contributed by atoms with Gasteiger partial charge in [0, 0.05) is 24.9 Å². The summed E-state index contributed by atoms with van der Waals surface area (Å²) >= 11 is 0. The van der Waals surface area contributed by atoms with Crippen LogP contribution in [0.1, 0.15) is 15.9 Å². The zero-order valence-corrected chi connectivity index (χ0v) is 11.0. The molecule has 0 aliphatic carbocycles. The van der Waals surface area contributed by atoms with E-state index in [-0.39, 0.29) is 0 Å². The second-order valence-electron chi connectivity index (χ2n) is 4.07. The third-order valence-electron chi connectivity index (χ3n) is 2.65. The standard InChI is InChI=1S/C14H15N3O3/c1-19-11-4-9(7-15)5-12(6-11)20-13-3-2-10(8-17-13)14(16)18/h2-6,8H,7,15H2,1H3,(H2,16,18). The van der Waals surface area contributed by atoms with Gasteiger partial charge in [-0.05, 0) is 23.8 Å². The lowest BCUT2D eigenvalue weighted by Crippen LogP contribution is -2.10. The number of pyridine rings is 1. The molecule has 0 aliphatic rings. The van der Waals surface area contributed by atoms with Crippen molar-refractivity contribution < 1.29 is 14.3 Å². The zero-order valence-electron chi connectivity index (χ0n) is 11.0. The molecular formula is C14H15N3O3. The van der Waals surface area contributed by atoms with Crippen molar-refractivity contribution in [1.29, 1.82) is 0 Å². The molecule has 2 aromatic rings. The van der Waals surface area contributed by atoms with Crippen LogP contribution in [0.4, 0.5) is 0 Å². The molecule has 104 valence electrons. The van der Waals surface area contributed by atoms with E-state index in [9.17, 15) is 4.79 Å². The maximum atomic E-state index is 10.9. The summed E-state index contributed by atoms with van der Waals surface area (Å²) in [6.07, 6.45) is 1.36. The second-order valence-corrected chi connectivity index (χ2v) is 4.07. The first-order chi connectivity index (χ1) is 9.62. The Morgan fingerprint density at radius 3 is 2.55 bits per heavy atom. The summed E-state index contributed by atoms with van der Waals surface area (Å²) in [4.78, 5) is 15.0. The zero-order chi connectivity index (χ0) is 14.5. The number of primary amides is 1. The van der Waals surface area contributed by atoms with Crippen LogP contribution in [0.3, 0.4) is 0 Å². The quantitative estimate of drug-likeness (QED) is 0.858. The molecule has 0 saturated carbocycles. The summed E-state index contributed by atoms with van der Waals surface area (Å²) in [5.41, 5.74) is 12.0. The van der Waals surface area contributed by atoms with Gasteiger partial charge in [-0.2, -0.15) is 0 Å². The van der Waals surface area contributed by atoms with Crippen molar-refractivity contribution in [3.8, 4) is 17.4 Å². The van der Waals surface area contributed by atoms with Crippen molar-refractivity contribution in [2.24, 2.45) is 11.5 Å². The Morgan fingerprint density at radius 2 is 2.00 bits per heavy atom. The minimum Gasteiger partial charge on any atom is -0.497 e. The Bertz CT molecular complexity index is 589. The predicted molar refractivity (Wildman–Crippen MR) is 73.7 cm³/mol. The monoisotopic (exact) mass is 273 g/mol. The van der Waals surface area contributed by atoms with E-state index in [0.29, 0.717) is 29.5 Å². The predicted octanol–water partition coefficient (Wildman–Crippen LogP) is 1.44. The fourth-order valence-corrected chi connectivity index (χ4v) is 1.63. The highest BCUT2D eigenvalue weighted by Gasteiger charge is 2.05. The van der Waals surface area contributed by atoms with Crippen LogP contribution in [0.15, 0.2) is 36.5 Å². The summed E-state index contributed by atoms with van der Waals surface area (Å²) in [5, 5.41) is 0. The molecule has 0 aliphatic heterocycles. The van der Waals surface area contributed by atoms with Crippen LogP contribution in [0, 0.1) is 0 Å². The third kappa shape index (κ3) is 3.24. The fourth-order valence-electron chi connectivity index (χ4n) is 1.63. The van der Waals surface area contributed by atoms with Gasteiger partial charge in [0.2, 0.25) is 11.8 Å². The van der Waals surface area contributed by atoms with Crippen LogP contribution in [0.25, 0.3) is 0 Å². The van der Waals surface area contributed by atoms with Crippen molar-refractivity contribution in [3.05, 3.63) is 47.7 Å². The molecule has 20 heavy (non-hydrogen) atoms. The van der Waals surface area contributed by atoms with E-state index in [4.69, 9.17) is 20.9 Å². The van der Waals surface area contributed by atoms with Gasteiger partial charge in [0.25, 0.3) is 0 Å². The number of aromatic nitrogens is 1. The largest absolute Gasteiger partial charge is 0.497 e. The highest BCUT2D eigenvalue weighted by molar-refractivity contribution is 5.92. The first kappa shape index (κ1) is 13.8. The fraction of sp³-hybridized carbons (Fsp3) is 0.143. The number of rotatable bonds is 5. The molecule has 2 rings (SSSR count). The lowest BCUT2D eigenvalue weighted by atomic mass is 10.2. The molecule has 1 amide bonds. The molecule has 1 aromatic heterocycles. The molecule has 0 atom stereocenters. The summed E-state index contributed by atoms with van der Waals surface area (Å²) in [7, 11) is 1.57. The minimum absolute atomic E-state index is 0.325. The van der Waals surface area contributed by atoms with E-state index in [1.165, 1.54) is 6.20 Å². The van der Waals surface area contributed by atoms with E-state index >= 15 is 0 Å². The van der Waals surface area contributed by atoms with Crippen LogP contribution in [0.5, 0.6) is 17.4 Å². The van der Waals surface area contributed by atoms with E-state index in [1.54, 1.807) is 31.4 Å². The topological polar surface area (TPSA) is 100 Å². The van der Waals surface area contributed by atoms with Crippen molar-refractivity contribution in [1.82, 2.24) is 4.98 Å². The summed E-state index contributed by atoms with van der Waals surface area (Å²) in [5.74, 6) is 1.03. The number of amides is 1. The summed E-state index contributed by atoms with van der Waals surface area (Å²) in [6.45, 7) is 0.377. The van der Waals surface area contributed by atoms with Crippen molar-refractivity contribution in [3.63, 3.8) is 0 Å². The van der Waals surface area contributed by atoms with E-state index < -0.39 is 5.91 Å². The van der Waals surface area contributed by atoms with E-state index in [2.05, 4.69) is 4.98 Å². The molecule has 0 saturated heterocycles. The molecule has 6 nitrogen and oxygen atoms in total. The normalized spacial score (nSPS) is 10.1. The number of hydrogen-bond donors (Lipinski definition) is 2. The maximum absolute atomic E-state index is 10.9. The molecule has 1 heterocycles. The van der Waals surface area contributed by atoms with Crippen molar-refractivity contribution in [2.45, 2.75) is 6.54 Å². The molecule has 6 heteroatoms. The van der Waals surface area contributed by atoms with Crippen LogP contribution in [-0.4, -0.2) is 18.0 Å². The Balaban J connectivity index is 2.22. The molecule has 4 N–H and O–H groups in total. The minimum atomic E-state index is -0.532. The smallest absolute Gasteiger partial charge is 0.250 e. The third-order valence-corrected chi connectivity index (χ3v) is 2.65. The van der Waals surface area contributed by atoms with Crippen molar-refractivity contribution in [2.75, 3.05) is 7.11 Å². The van der Waals surface area contributed by atoms with Gasteiger partial charge >= 0.3 is 0 Å². The number of carbonyl (C=O) groups excluding carboxylic acids is 1. The van der Waals surface area contributed by atoms with Gasteiger partial charge in [-0.3, -0.25) is 4.79 Å². The van der Waals surface area contributed by atoms with E-state index in [0.717, 1.165) is 5.56 Å². The lowest BCUT2D eigenvalue weighted by Gasteiger charge is -2.09. The Hall–Kier alpha value is -2.60. The van der Waals surface area contributed by atoms with Gasteiger partial charge in [-0.1, -0.05) is 0 Å². The summed E-state index contributed by atoms with van der Waals surface area (Å²) in [6, 6.07) is 8.47. The molecular weight excluding hydrogens is 258 g/mol. The summed E-state index contributed by atoms with van der Waals surface area (Å²) < 4.78 is 10.8. The van der Waals surface area contributed by atoms with Crippen LogP contribution in [-0.2, 0) is 6.54 Å². The molecule has 0 fully saturated rings. The maximum Gasteiger partial charge on any atom is 0.250 e. The number of benzene rings is 1. The Kier molecular flexibility index (Phi) is 4.17. The number of nitrogens with zero attached hydrogens (tertiary/aromatic N) is 1. The number of methoxy groups -OCH3 is 1. The molecule has 1 aromatic carbocycles. The lowest BCUT2D eigenvalue weighted by molar-refractivity contribution is 0.1000. The van der Waals surface area contributed by atoms with Crippen LogP contribution < -0.4 is 20.9 Å². The van der Waals surface area contributed by atoms with Gasteiger partial charge in [-0.25, -0.2) is 4.98 Å². The SMILES string of the molecule is COc1cc(CN)cc(Oc2ccc(C(N)=O)cn2)c1. The first-order valence-corrected chi connectivity index (χ1v) is 5.94. The average Bonchev–Trinajstić information content (AvgIpc) is 2.47. The highest BCUT2D eigenvalue weighted by Crippen LogP contribution is 2.26. The van der Waals surface area contributed by atoms with Crippen LogP contribution in [0.2, 0.25) is 0 Å². The molecule has 0 radical (unpaired) electrons. The average molecular weight is 273 g/mol. The van der Waals surface area contributed by atoms with Crippen LogP contribution >= 0.6 is 0 Å². The van der Waals surface area contributed by atoms with Gasteiger partial charge in [0.1, 0.15) is 11.5 Å². The number of hydrogen-bond acceptors (Lipinski definition) is 5. The first-order valence-electron chi connectivity index (χ1n) is 5.94. The Labute approximate surface area is 116 Å².